The molecule has 0 saturated heterocycles. The minimum Gasteiger partial charge on any atom is -0.342 e. The van der Waals surface area contributed by atoms with Crippen LogP contribution in [0.1, 0.15) is 46.1 Å². The quantitative estimate of drug-likeness (QED) is 0.581. The van der Waals surface area contributed by atoms with Crippen LogP contribution in [0, 0.1) is 5.41 Å². The normalized spacial score (nSPS) is 11.1. The fourth-order valence-corrected chi connectivity index (χ4v) is 3.33. The lowest BCUT2D eigenvalue weighted by Gasteiger charge is -2.35. The summed E-state index contributed by atoms with van der Waals surface area (Å²) >= 11 is 0. The van der Waals surface area contributed by atoms with Crippen molar-refractivity contribution in [2.24, 2.45) is 5.41 Å². The summed E-state index contributed by atoms with van der Waals surface area (Å²) in [5, 5.41) is 0. The van der Waals surface area contributed by atoms with Gasteiger partial charge in [-0.1, -0.05) is 62.4 Å². The average molecular weight is 381 g/mol. The maximum Gasteiger partial charge on any atom is 0.242 e. The molecule has 2 amide bonds. The molecule has 0 atom stereocenters. The van der Waals surface area contributed by atoms with Crippen molar-refractivity contribution in [1.29, 1.82) is 0 Å². The minimum atomic E-state index is -1.13. The predicted octanol–water partition coefficient (Wildman–Crippen LogP) is 4.89. The van der Waals surface area contributed by atoms with Crippen molar-refractivity contribution in [3.05, 3.63) is 66.2 Å². The molecule has 2 aromatic rings. The Balaban J connectivity index is 2.35. The molecule has 0 bridgehead atoms. The maximum atomic E-state index is 13.6. The van der Waals surface area contributed by atoms with E-state index in [1.807, 2.05) is 65.6 Å². The summed E-state index contributed by atoms with van der Waals surface area (Å²) in [7, 11) is 0. The second kappa shape index (κ2) is 10.1. The van der Waals surface area contributed by atoms with Gasteiger partial charge in [-0.3, -0.25) is 9.59 Å². The smallest absolute Gasteiger partial charge is 0.242 e. The van der Waals surface area contributed by atoms with E-state index in [2.05, 4.69) is 13.8 Å². The molecule has 0 aliphatic rings. The first-order valence-corrected chi connectivity index (χ1v) is 10.1. The van der Waals surface area contributed by atoms with Gasteiger partial charge < -0.3 is 9.80 Å². The number of carbonyl (C=O) groups excluding carboxylic acids is 2. The third-order valence-corrected chi connectivity index (χ3v) is 4.84. The Labute approximate surface area is 169 Å². The van der Waals surface area contributed by atoms with Gasteiger partial charge in [0.1, 0.15) is 5.41 Å². The molecular formula is C24H32N2O2. The molecule has 0 N–H and O–H groups in total. The number of hydrogen-bond acceptors (Lipinski definition) is 2. The zero-order valence-electron chi connectivity index (χ0n) is 17.5. The summed E-state index contributed by atoms with van der Waals surface area (Å²) in [5.41, 5.74) is 0.700. The minimum absolute atomic E-state index is 0.102. The van der Waals surface area contributed by atoms with Crippen LogP contribution in [0.4, 0.5) is 5.69 Å². The van der Waals surface area contributed by atoms with Crippen molar-refractivity contribution >= 4 is 17.5 Å². The number of benzene rings is 2. The maximum absolute atomic E-state index is 13.6. The van der Waals surface area contributed by atoms with E-state index in [0.29, 0.717) is 19.6 Å². The standard InChI is InChI=1S/C24H32N2O2/c1-5-17-25(18-6-2)22(27)24(3,4)23(28)26(21-15-11-8-12-16-21)19-20-13-9-7-10-14-20/h7-16H,5-6,17-19H2,1-4H3. The zero-order chi connectivity index (χ0) is 20.6. The Bertz CT molecular complexity index is 751. The third kappa shape index (κ3) is 5.22. The van der Waals surface area contributed by atoms with Gasteiger partial charge in [-0.05, 0) is 44.4 Å². The van der Waals surface area contributed by atoms with Crippen LogP contribution >= 0.6 is 0 Å². The second-order valence-electron chi connectivity index (χ2n) is 7.63. The van der Waals surface area contributed by atoms with Gasteiger partial charge in [0.15, 0.2) is 0 Å². The molecule has 150 valence electrons. The van der Waals surface area contributed by atoms with Crippen LogP contribution in [0.2, 0.25) is 0 Å². The molecule has 0 aromatic heterocycles. The number of rotatable bonds is 9. The van der Waals surface area contributed by atoms with E-state index in [0.717, 1.165) is 24.1 Å². The van der Waals surface area contributed by atoms with E-state index in [1.54, 1.807) is 18.7 Å². The molecule has 4 heteroatoms. The van der Waals surface area contributed by atoms with Gasteiger partial charge in [0.25, 0.3) is 0 Å². The highest BCUT2D eigenvalue weighted by atomic mass is 16.2. The molecule has 2 rings (SSSR count). The van der Waals surface area contributed by atoms with Gasteiger partial charge in [-0.25, -0.2) is 0 Å². The molecular weight excluding hydrogens is 348 g/mol. The van der Waals surface area contributed by atoms with Crippen molar-refractivity contribution in [2.75, 3.05) is 18.0 Å². The second-order valence-corrected chi connectivity index (χ2v) is 7.63. The van der Waals surface area contributed by atoms with Crippen LogP contribution in [0.5, 0.6) is 0 Å². The highest BCUT2D eigenvalue weighted by molar-refractivity contribution is 6.11. The number of anilines is 1. The molecule has 0 unspecified atom stereocenters. The molecule has 0 fully saturated rings. The average Bonchev–Trinajstić information content (AvgIpc) is 2.72. The van der Waals surface area contributed by atoms with Gasteiger partial charge in [-0.2, -0.15) is 0 Å². The van der Waals surface area contributed by atoms with E-state index in [4.69, 9.17) is 0 Å². The zero-order valence-corrected chi connectivity index (χ0v) is 17.5. The molecule has 0 heterocycles. The van der Waals surface area contributed by atoms with Crippen molar-refractivity contribution in [2.45, 2.75) is 47.1 Å². The van der Waals surface area contributed by atoms with Crippen LogP contribution in [-0.2, 0) is 16.1 Å². The van der Waals surface area contributed by atoms with E-state index in [9.17, 15) is 9.59 Å². The summed E-state index contributed by atoms with van der Waals surface area (Å²) < 4.78 is 0. The number of amides is 2. The van der Waals surface area contributed by atoms with Crippen molar-refractivity contribution in [3.8, 4) is 0 Å². The van der Waals surface area contributed by atoms with E-state index in [1.165, 1.54) is 0 Å². The van der Waals surface area contributed by atoms with Gasteiger partial charge in [0.05, 0.1) is 6.54 Å². The molecule has 0 spiro atoms. The summed E-state index contributed by atoms with van der Waals surface area (Å²) in [6.45, 7) is 9.38. The monoisotopic (exact) mass is 380 g/mol. The van der Waals surface area contributed by atoms with Crippen LogP contribution in [0.25, 0.3) is 0 Å². The highest BCUT2D eigenvalue weighted by Crippen LogP contribution is 2.28. The Morgan fingerprint density at radius 3 is 1.79 bits per heavy atom. The predicted molar refractivity (Wildman–Crippen MR) is 115 cm³/mol. The fraction of sp³-hybridized carbons (Fsp3) is 0.417. The third-order valence-electron chi connectivity index (χ3n) is 4.84. The number of para-hydroxylation sites is 1. The highest BCUT2D eigenvalue weighted by Gasteiger charge is 2.41. The summed E-state index contributed by atoms with van der Waals surface area (Å²) in [6, 6.07) is 19.5. The first kappa shape index (κ1) is 21.7. The topological polar surface area (TPSA) is 40.6 Å². The summed E-state index contributed by atoms with van der Waals surface area (Å²) in [5.74, 6) is -0.278. The summed E-state index contributed by atoms with van der Waals surface area (Å²) in [6.07, 6.45) is 1.75. The molecule has 2 aromatic carbocycles. The molecule has 28 heavy (non-hydrogen) atoms. The molecule has 0 aliphatic carbocycles. The Morgan fingerprint density at radius 1 is 0.786 bits per heavy atom. The molecule has 0 saturated carbocycles. The first-order chi connectivity index (χ1) is 13.4. The van der Waals surface area contributed by atoms with Gasteiger partial charge in [0, 0.05) is 18.8 Å². The Kier molecular flexibility index (Phi) is 7.80. The van der Waals surface area contributed by atoms with E-state index < -0.39 is 5.41 Å². The lowest BCUT2D eigenvalue weighted by Crippen LogP contribution is -2.51. The SMILES string of the molecule is CCCN(CCC)C(=O)C(C)(C)C(=O)N(Cc1ccccc1)c1ccccc1. The van der Waals surface area contributed by atoms with Crippen molar-refractivity contribution < 1.29 is 9.59 Å². The van der Waals surface area contributed by atoms with Crippen LogP contribution in [0.15, 0.2) is 60.7 Å². The van der Waals surface area contributed by atoms with Gasteiger partial charge in [-0.15, -0.1) is 0 Å². The van der Waals surface area contributed by atoms with Crippen LogP contribution in [0.3, 0.4) is 0 Å². The Morgan fingerprint density at radius 2 is 1.29 bits per heavy atom. The Hall–Kier alpha value is -2.62. The summed E-state index contributed by atoms with van der Waals surface area (Å²) in [4.78, 5) is 30.4. The van der Waals surface area contributed by atoms with Crippen molar-refractivity contribution in [3.63, 3.8) is 0 Å². The largest absolute Gasteiger partial charge is 0.342 e. The number of hydrogen-bond donors (Lipinski definition) is 0. The van der Waals surface area contributed by atoms with Crippen LogP contribution < -0.4 is 4.90 Å². The molecule has 0 aliphatic heterocycles. The number of carbonyl (C=O) groups is 2. The molecule has 4 nitrogen and oxygen atoms in total. The lowest BCUT2D eigenvalue weighted by atomic mass is 9.88. The van der Waals surface area contributed by atoms with E-state index >= 15 is 0 Å². The van der Waals surface area contributed by atoms with Gasteiger partial charge in [0.2, 0.25) is 11.8 Å². The van der Waals surface area contributed by atoms with E-state index in [-0.39, 0.29) is 11.8 Å². The number of nitrogens with zero attached hydrogens (tertiary/aromatic N) is 2. The van der Waals surface area contributed by atoms with Crippen molar-refractivity contribution in [1.82, 2.24) is 4.90 Å². The lowest BCUT2D eigenvalue weighted by molar-refractivity contribution is -0.147. The molecule has 0 radical (unpaired) electrons. The van der Waals surface area contributed by atoms with Gasteiger partial charge >= 0.3 is 0 Å². The fourth-order valence-electron chi connectivity index (χ4n) is 3.33. The van der Waals surface area contributed by atoms with Crippen LogP contribution in [-0.4, -0.2) is 29.8 Å². The first-order valence-electron chi connectivity index (χ1n) is 10.1.